The molecular weight excluding hydrogens is 210 g/mol. The van der Waals surface area contributed by atoms with Crippen LogP contribution in [0.3, 0.4) is 0 Å². The zero-order valence-electron chi connectivity index (χ0n) is 9.93. The van der Waals surface area contributed by atoms with Crippen LogP contribution in [0.4, 0.5) is 5.69 Å². The third kappa shape index (κ3) is 2.86. The topological polar surface area (TPSA) is 46.2 Å². The molecule has 0 bridgehead atoms. The summed E-state index contributed by atoms with van der Waals surface area (Å²) in [5.41, 5.74) is 9.71. The van der Waals surface area contributed by atoms with Crippen LogP contribution in [0.2, 0.25) is 0 Å². The number of aliphatic hydroxyl groups excluding tert-OH is 1. The van der Waals surface area contributed by atoms with Crippen molar-refractivity contribution in [1.29, 1.82) is 0 Å². The number of nitrogen functional groups attached to an aromatic ring is 1. The second-order valence-corrected chi connectivity index (χ2v) is 4.33. The van der Waals surface area contributed by atoms with Gasteiger partial charge in [0.25, 0.3) is 0 Å². The molecule has 2 heteroatoms. The van der Waals surface area contributed by atoms with Crippen LogP contribution in [0.1, 0.15) is 22.8 Å². The highest BCUT2D eigenvalue weighted by atomic mass is 16.3. The predicted molar refractivity (Wildman–Crippen MR) is 70.7 cm³/mol. The Hall–Kier alpha value is -1.80. The van der Waals surface area contributed by atoms with Gasteiger partial charge in [0, 0.05) is 12.1 Å². The molecule has 3 N–H and O–H groups in total. The molecule has 0 aliphatic heterocycles. The summed E-state index contributed by atoms with van der Waals surface area (Å²) in [6.45, 7) is 2.03. The molecule has 17 heavy (non-hydrogen) atoms. The fourth-order valence-electron chi connectivity index (χ4n) is 1.83. The van der Waals surface area contributed by atoms with Crippen LogP contribution in [0, 0.1) is 6.92 Å². The lowest BCUT2D eigenvalue weighted by molar-refractivity contribution is 0.178. The Kier molecular flexibility index (Phi) is 3.45. The molecule has 0 saturated carbocycles. The lowest BCUT2D eigenvalue weighted by Crippen LogP contribution is -2.04. The van der Waals surface area contributed by atoms with E-state index in [4.69, 9.17) is 5.73 Å². The average Bonchev–Trinajstić information content (AvgIpc) is 2.33. The molecule has 0 amide bonds. The third-order valence-electron chi connectivity index (χ3n) is 2.93. The zero-order chi connectivity index (χ0) is 12.3. The van der Waals surface area contributed by atoms with Gasteiger partial charge in [-0.2, -0.15) is 0 Å². The first-order valence-corrected chi connectivity index (χ1v) is 5.75. The van der Waals surface area contributed by atoms with E-state index in [1.807, 2.05) is 55.5 Å². The molecule has 0 radical (unpaired) electrons. The Morgan fingerprint density at radius 3 is 2.35 bits per heavy atom. The lowest BCUT2D eigenvalue weighted by atomic mass is 9.99. The van der Waals surface area contributed by atoms with Crippen LogP contribution in [0.15, 0.2) is 48.5 Å². The molecule has 2 rings (SSSR count). The van der Waals surface area contributed by atoms with E-state index in [0.29, 0.717) is 6.42 Å². The molecule has 2 aromatic carbocycles. The number of nitrogens with two attached hydrogens (primary N) is 1. The van der Waals surface area contributed by atoms with Crippen molar-refractivity contribution in [2.75, 3.05) is 5.73 Å². The standard InChI is InChI=1S/C15H17NO/c1-11-6-8-12(9-7-11)15(17)10-13-4-2-3-5-14(13)16/h2-9,15,17H,10,16H2,1H3. The molecule has 0 aromatic heterocycles. The minimum absolute atomic E-state index is 0.500. The van der Waals surface area contributed by atoms with Gasteiger partial charge in [0.1, 0.15) is 0 Å². The van der Waals surface area contributed by atoms with E-state index in [9.17, 15) is 5.11 Å². The van der Waals surface area contributed by atoms with E-state index in [1.165, 1.54) is 5.56 Å². The highest BCUT2D eigenvalue weighted by Gasteiger charge is 2.09. The highest BCUT2D eigenvalue weighted by molar-refractivity contribution is 5.47. The molecule has 0 spiro atoms. The van der Waals surface area contributed by atoms with E-state index in [0.717, 1.165) is 16.8 Å². The van der Waals surface area contributed by atoms with Gasteiger partial charge in [-0.3, -0.25) is 0 Å². The normalized spacial score (nSPS) is 12.4. The minimum Gasteiger partial charge on any atom is -0.399 e. The van der Waals surface area contributed by atoms with Gasteiger partial charge in [0.05, 0.1) is 6.10 Å². The Bertz CT molecular complexity index is 491. The molecule has 2 nitrogen and oxygen atoms in total. The fraction of sp³-hybridized carbons (Fsp3) is 0.200. The molecule has 1 atom stereocenters. The van der Waals surface area contributed by atoms with E-state index >= 15 is 0 Å². The summed E-state index contributed by atoms with van der Waals surface area (Å²) in [7, 11) is 0. The Balaban J connectivity index is 2.14. The third-order valence-corrected chi connectivity index (χ3v) is 2.93. The molecule has 2 aromatic rings. The number of hydrogen-bond donors (Lipinski definition) is 2. The predicted octanol–water partition coefficient (Wildman–Crippen LogP) is 2.85. The largest absolute Gasteiger partial charge is 0.399 e. The van der Waals surface area contributed by atoms with Crippen molar-refractivity contribution in [2.24, 2.45) is 0 Å². The van der Waals surface area contributed by atoms with Crippen LogP contribution in [0.5, 0.6) is 0 Å². The number of aliphatic hydroxyl groups is 1. The molecule has 1 unspecified atom stereocenters. The summed E-state index contributed by atoms with van der Waals surface area (Å²) in [6, 6.07) is 15.6. The second-order valence-electron chi connectivity index (χ2n) is 4.33. The average molecular weight is 227 g/mol. The molecule has 0 aliphatic carbocycles. The van der Waals surface area contributed by atoms with Crippen molar-refractivity contribution in [3.05, 3.63) is 65.2 Å². The maximum atomic E-state index is 10.1. The Morgan fingerprint density at radius 1 is 1.06 bits per heavy atom. The maximum Gasteiger partial charge on any atom is 0.0831 e. The van der Waals surface area contributed by atoms with Crippen LogP contribution in [-0.4, -0.2) is 5.11 Å². The van der Waals surface area contributed by atoms with Gasteiger partial charge in [-0.15, -0.1) is 0 Å². The van der Waals surface area contributed by atoms with Gasteiger partial charge in [-0.05, 0) is 24.1 Å². The number of anilines is 1. The smallest absolute Gasteiger partial charge is 0.0831 e. The van der Waals surface area contributed by atoms with Gasteiger partial charge in [0.2, 0.25) is 0 Å². The summed E-state index contributed by atoms with van der Waals surface area (Å²) in [6.07, 6.45) is 0.0516. The number of rotatable bonds is 3. The van der Waals surface area contributed by atoms with Gasteiger partial charge >= 0.3 is 0 Å². The Labute approximate surface area is 102 Å². The van der Waals surface area contributed by atoms with Gasteiger partial charge < -0.3 is 10.8 Å². The van der Waals surface area contributed by atoms with Gasteiger partial charge in [0.15, 0.2) is 0 Å². The molecule has 0 fully saturated rings. The van der Waals surface area contributed by atoms with Crippen molar-refractivity contribution in [2.45, 2.75) is 19.4 Å². The molecular formula is C15H17NO. The first-order valence-electron chi connectivity index (χ1n) is 5.75. The molecule has 88 valence electrons. The Morgan fingerprint density at radius 2 is 1.71 bits per heavy atom. The number of para-hydroxylation sites is 1. The first-order chi connectivity index (χ1) is 8.16. The number of benzene rings is 2. The first kappa shape index (κ1) is 11.7. The van der Waals surface area contributed by atoms with Crippen molar-refractivity contribution in [3.8, 4) is 0 Å². The monoisotopic (exact) mass is 227 g/mol. The van der Waals surface area contributed by atoms with Crippen molar-refractivity contribution in [1.82, 2.24) is 0 Å². The van der Waals surface area contributed by atoms with Gasteiger partial charge in [-0.1, -0.05) is 48.0 Å². The quantitative estimate of drug-likeness (QED) is 0.792. The summed E-state index contributed by atoms with van der Waals surface area (Å²) in [5.74, 6) is 0. The highest BCUT2D eigenvalue weighted by Crippen LogP contribution is 2.21. The molecule has 0 heterocycles. The van der Waals surface area contributed by atoms with Crippen molar-refractivity contribution >= 4 is 5.69 Å². The lowest BCUT2D eigenvalue weighted by Gasteiger charge is -2.12. The van der Waals surface area contributed by atoms with E-state index in [-0.39, 0.29) is 0 Å². The summed E-state index contributed by atoms with van der Waals surface area (Å²) in [5, 5.41) is 10.1. The van der Waals surface area contributed by atoms with Crippen molar-refractivity contribution in [3.63, 3.8) is 0 Å². The molecule has 0 aliphatic rings. The van der Waals surface area contributed by atoms with E-state index in [1.54, 1.807) is 0 Å². The zero-order valence-corrected chi connectivity index (χ0v) is 9.93. The summed E-state index contributed by atoms with van der Waals surface area (Å²) in [4.78, 5) is 0. The summed E-state index contributed by atoms with van der Waals surface area (Å²) >= 11 is 0. The van der Waals surface area contributed by atoms with Crippen LogP contribution in [0.25, 0.3) is 0 Å². The van der Waals surface area contributed by atoms with Crippen LogP contribution >= 0.6 is 0 Å². The summed E-state index contributed by atoms with van der Waals surface area (Å²) < 4.78 is 0. The molecule has 0 saturated heterocycles. The fourth-order valence-corrected chi connectivity index (χ4v) is 1.83. The van der Waals surface area contributed by atoms with E-state index in [2.05, 4.69) is 0 Å². The SMILES string of the molecule is Cc1ccc(C(O)Cc2ccccc2N)cc1. The van der Waals surface area contributed by atoms with Gasteiger partial charge in [-0.25, -0.2) is 0 Å². The second kappa shape index (κ2) is 5.02. The van der Waals surface area contributed by atoms with Crippen LogP contribution in [-0.2, 0) is 6.42 Å². The van der Waals surface area contributed by atoms with Crippen LogP contribution < -0.4 is 5.73 Å². The number of hydrogen-bond acceptors (Lipinski definition) is 2. The number of aryl methyl sites for hydroxylation is 1. The van der Waals surface area contributed by atoms with Crippen molar-refractivity contribution < 1.29 is 5.11 Å². The maximum absolute atomic E-state index is 10.1. The van der Waals surface area contributed by atoms with E-state index < -0.39 is 6.10 Å². The minimum atomic E-state index is -0.500.